The number of hydrogen-bond acceptors (Lipinski definition) is 3. The fourth-order valence-corrected chi connectivity index (χ4v) is 3.66. The maximum absolute atomic E-state index is 10.0. The number of nitriles is 2. The van der Waals surface area contributed by atoms with Crippen molar-refractivity contribution < 1.29 is 4.74 Å². The molecule has 0 spiro atoms. The highest BCUT2D eigenvalue weighted by molar-refractivity contribution is 9.10. The van der Waals surface area contributed by atoms with Gasteiger partial charge in [0.05, 0.1) is 24.2 Å². The summed E-state index contributed by atoms with van der Waals surface area (Å²) in [5.74, 6) is 0. The van der Waals surface area contributed by atoms with Crippen LogP contribution < -0.4 is 0 Å². The molecule has 0 aliphatic carbocycles. The molecule has 2 aromatic rings. The molecule has 1 fully saturated rings. The largest absolute Gasteiger partial charge is 0.369 e. The minimum absolute atomic E-state index is 0.235. The molecule has 0 radical (unpaired) electrons. The van der Waals surface area contributed by atoms with Gasteiger partial charge in [-0.2, -0.15) is 10.5 Å². The predicted octanol–water partition coefficient (Wildman–Crippen LogP) is 4.68. The second-order valence-corrected chi connectivity index (χ2v) is 6.73. The zero-order valence-corrected chi connectivity index (χ0v) is 14.5. The standard InChI is InChI=1S/C20H15BrN2O/c1-2-19(16-8-10-17(21)11-9-16)14-24-18(20(19,12-22)13-23)15-6-4-3-5-7-15/h2-11,18H,1,14H2/t18-,19+/m1/s1. The lowest BCUT2D eigenvalue weighted by atomic mass is 9.60. The first-order valence-electron chi connectivity index (χ1n) is 7.52. The van der Waals surface area contributed by atoms with E-state index >= 15 is 0 Å². The molecule has 2 aromatic carbocycles. The van der Waals surface area contributed by atoms with Crippen LogP contribution in [-0.2, 0) is 10.2 Å². The Morgan fingerprint density at radius 3 is 2.25 bits per heavy atom. The van der Waals surface area contributed by atoms with E-state index in [2.05, 4.69) is 34.6 Å². The van der Waals surface area contributed by atoms with Crippen molar-refractivity contribution in [3.05, 3.63) is 82.9 Å². The Morgan fingerprint density at radius 1 is 1.08 bits per heavy atom. The zero-order chi connectivity index (χ0) is 17.2. The molecule has 3 rings (SSSR count). The average molecular weight is 379 g/mol. The van der Waals surface area contributed by atoms with E-state index in [4.69, 9.17) is 4.74 Å². The highest BCUT2D eigenvalue weighted by Gasteiger charge is 2.63. The number of benzene rings is 2. The molecule has 4 heteroatoms. The van der Waals surface area contributed by atoms with E-state index < -0.39 is 16.9 Å². The first kappa shape index (κ1) is 16.5. The van der Waals surface area contributed by atoms with Crippen LogP contribution in [0.3, 0.4) is 0 Å². The molecule has 0 unspecified atom stereocenters. The van der Waals surface area contributed by atoms with E-state index in [1.54, 1.807) is 6.08 Å². The SMILES string of the molecule is C=C[C@@]1(c2ccc(Br)cc2)CO[C@H](c2ccccc2)C1(C#N)C#N. The molecule has 0 aromatic heterocycles. The molecule has 1 heterocycles. The van der Waals surface area contributed by atoms with Crippen molar-refractivity contribution in [1.82, 2.24) is 0 Å². The second-order valence-electron chi connectivity index (χ2n) is 5.82. The first-order valence-corrected chi connectivity index (χ1v) is 8.31. The molecule has 0 saturated carbocycles. The third-order valence-corrected chi connectivity index (χ3v) is 5.27. The molecule has 1 aliphatic rings. The first-order chi connectivity index (χ1) is 11.6. The number of halogens is 1. The summed E-state index contributed by atoms with van der Waals surface area (Å²) in [6.07, 6.45) is 1.06. The van der Waals surface area contributed by atoms with E-state index in [0.29, 0.717) is 0 Å². The maximum atomic E-state index is 10.0. The molecule has 3 nitrogen and oxygen atoms in total. The van der Waals surface area contributed by atoms with Gasteiger partial charge in [-0.05, 0) is 23.3 Å². The molecule has 118 valence electrons. The van der Waals surface area contributed by atoms with E-state index in [1.165, 1.54) is 0 Å². The highest BCUT2D eigenvalue weighted by atomic mass is 79.9. The third kappa shape index (κ3) is 2.19. The molecular formula is C20H15BrN2O. The lowest BCUT2D eigenvalue weighted by Crippen LogP contribution is -2.42. The van der Waals surface area contributed by atoms with Gasteiger partial charge in [0.2, 0.25) is 0 Å². The van der Waals surface area contributed by atoms with E-state index in [0.717, 1.165) is 15.6 Å². The van der Waals surface area contributed by atoms with Crippen molar-refractivity contribution in [2.75, 3.05) is 6.61 Å². The topological polar surface area (TPSA) is 56.8 Å². The summed E-state index contributed by atoms with van der Waals surface area (Å²) in [6, 6.07) is 21.6. The molecular weight excluding hydrogens is 364 g/mol. The Labute approximate surface area is 149 Å². The smallest absolute Gasteiger partial charge is 0.188 e. The van der Waals surface area contributed by atoms with Gasteiger partial charge >= 0.3 is 0 Å². The van der Waals surface area contributed by atoms with Gasteiger partial charge in [0.25, 0.3) is 0 Å². The van der Waals surface area contributed by atoms with Gasteiger partial charge in [0, 0.05) is 4.47 Å². The van der Waals surface area contributed by atoms with Crippen molar-refractivity contribution in [1.29, 1.82) is 10.5 Å². The van der Waals surface area contributed by atoms with Gasteiger partial charge < -0.3 is 4.74 Å². The number of nitrogens with zero attached hydrogens (tertiary/aromatic N) is 2. The quantitative estimate of drug-likeness (QED) is 0.728. The summed E-state index contributed by atoms with van der Waals surface area (Å²) in [7, 11) is 0. The fourth-order valence-electron chi connectivity index (χ4n) is 3.40. The van der Waals surface area contributed by atoms with Gasteiger partial charge in [-0.1, -0.05) is 64.5 Å². The van der Waals surface area contributed by atoms with E-state index in [9.17, 15) is 10.5 Å². The molecule has 0 N–H and O–H groups in total. The highest BCUT2D eigenvalue weighted by Crippen LogP contribution is 2.57. The second kappa shape index (κ2) is 6.24. The van der Waals surface area contributed by atoms with Crippen LogP contribution in [0.25, 0.3) is 0 Å². The molecule has 0 amide bonds. The summed E-state index contributed by atoms with van der Waals surface area (Å²) in [5.41, 5.74) is -0.606. The van der Waals surface area contributed by atoms with Gasteiger partial charge in [-0.3, -0.25) is 0 Å². The van der Waals surface area contributed by atoms with Gasteiger partial charge in [0.1, 0.15) is 6.10 Å². The summed E-state index contributed by atoms with van der Waals surface area (Å²) < 4.78 is 6.93. The molecule has 2 atom stereocenters. The predicted molar refractivity (Wildman–Crippen MR) is 94.8 cm³/mol. The van der Waals surface area contributed by atoms with Crippen LogP contribution in [0.5, 0.6) is 0 Å². The molecule has 0 bridgehead atoms. The maximum Gasteiger partial charge on any atom is 0.188 e. The van der Waals surface area contributed by atoms with E-state index in [1.807, 2.05) is 54.6 Å². The van der Waals surface area contributed by atoms with Crippen molar-refractivity contribution in [2.24, 2.45) is 5.41 Å². The lowest BCUT2D eigenvalue weighted by molar-refractivity contribution is 0.0862. The van der Waals surface area contributed by atoms with Gasteiger partial charge in [-0.25, -0.2) is 0 Å². The normalized spacial score (nSPS) is 24.7. The third-order valence-electron chi connectivity index (χ3n) is 4.74. The number of rotatable bonds is 3. The summed E-state index contributed by atoms with van der Waals surface area (Å²) in [6.45, 7) is 4.17. The van der Waals surface area contributed by atoms with Gasteiger partial charge in [0.15, 0.2) is 5.41 Å². The van der Waals surface area contributed by atoms with Crippen molar-refractivity contribution >= 4 is 15.9 Å². The van der Waals surface area contributed by atoms with Crippen molar-refractivity contribution in [3.8, 4) is 12.1 Å². The lowest BCUT2D eigenvalue weighted by Gasteiger charge is -2.35. The van der Waals surface area contributed by atoms with Crippen LogP contribution in [-0.4, -0.2) is 6.61 Å². The van der Waals surface area contributed by atoms with E-state index in [-0.39, 0.29) is 6.61 Å². The Bertz CT molecular complexity index is 819. The van der Waals surface area contributed by atoms with Crippen molar-refractivity contribution in [2.45, 2.75) is 11.5 Å². The number of ether oxygens (including phenoxy) is 1. The average Bonchev–Trinajstić information content (AvgIpc) is 2.98. The number of hydrogen-bond donors (Lipinski definition) is 0. The minimum atomic E-state index is -1.38. The fraction of sp³-hybridized carbons (Fsp3) is 0.200. The Kier molecular flexibility index (Phi) is 4.28. The Hall–Kier alpha value is -2.40. The summed E-state index contributed by atoms with van der Waals surface area (Å²) >= 11 is 3.42. The van der Waals surface area contributed by atoms with Gasteiger partial charge in [-0.15, -0.1) is 6.58 Å². The van der Waals surface area contributed by atoms with Crippen molar-refractivity contribution in [3.63, 3.8) is 0 Å². The Morgan fingerprint density at radius 2 is 1.71 bits per heavy atom. The minimum Gasteiger partial charge on any atom is -0.369 e. The van der Waals surface area contributed by atoms with Crippen LogP contribution in [0.4, 0.5) is 0 Å². The molecule has 1 saturated heterocycles. The van der Waals surface area contributed by atoms with Crippen LogP contribution in [0, 0.1) is 28.1 Å². The zero-order valence-electron chi connectivity index (χ0n) is 12.9. The van der Waals surface area contributed by atoms with Crippen LogP contribution in [0.2, 0.25) is 0 Å². The summed E-state index contributed by atoms with van der Waals surface area (Å²) in [5, 5.41) is 20.0. The monoisotopic (exact) mass is 378 g/mol. The summed E-state index contributed by atoms with van der Waals surface area (Å²) in [4.78, 5) is 0. The van der Waals surface area contributed by atoms with Crippen LogP contribution in [0.15, 0.2) is 71.7 Å². The Balaban J connectivity index is 2.21. The molecule has 24 heavy (non-hydrogen) atoms. The van der Waals surface area contributed by atoms with Crippen LogP contribution >= 0.6 is 15.9 Å². The molecule has 1 aliphatic heterocycles. The van der Waals surface area contributed by atoms with Crippen LogP contribution in [0.1, 0.15) is 17.2 Å².